The molecule has 5 aromatic rings. The highest BCUT2D eigenvalue weighted by Crippen LogP contribution is 2.58. The first-order chi connectivity index (χ1) is 23.5. The van der Waals surface area contributed by atoms with E-state index in [1.54, 1.807) is 31.4 Å². The summed E-state index contributed by atoms with van der Waals surface area (Å²) in [5.74, 6) is -2.01. The van der Waals surface area contributed by atoms with Gasteiger partial charge in [0.2, 0.25) is 5.91 Å². The van der Waals surface area contributed by atoms with E-state index in [1.165, 1.54) is 0 Å². The Labute approximate surface area is 278 Å². The van der Waals surface area contributed by atoms with Crippen molar-refractivity contribution in [3.63, 3.8) is 0 Å². The van der Waals surface area contributed by atoms with Crippen LogP contribution in [-0.4, -0.2) is 36.9 Å². The number of ketones is 1. The van der Waals surface area contributed by atoms with Crippen LogP contribution in [0.2, 0.25) is 0 Å². The lowest BCUT2D eigenvalue weighted by atomic mass is 9.66. The van der Waals surface area contributed by atoms with Crippen molar-refractivity contribution in [3.8, 4) is 5.75 Å². The van der Waals surface area contributed by atoms with E-state index in [0.29, 0.717) is 22.6 Å². The van der Waals surface area contributed by atoms with Crippen LogP contribution < -0.4 is 15.0 Å². The highest BCUT2D eigenvalue weighted by Gasteiger charge is 2.71. The normalized spacial score (nSPS) is 21.8. The lowest BCUT2D eigenvalue weighted by molar-refractivity contribution is -0.156. The number of amides is 1. The van der Waals surface area contributed by atoms with Crippen LogP contribution in [0.15, 0.2) is 140 Å². The van der Waals surface area contributed by atoms with E-state index < -0.39 is 35.5 Å². The molecule has 0 saturated carbocycles. The lowest BCUT2D eigenvalue weighted by Crippen LogP contribution is -2.51. The molecule has 1 fully saturated rings. The molecule has 1 amide bonds. The number of anilines is 2. The number of esters is 1. The number of carbonyl (C=O) groups excluding carboxylic acids is 3. The fourth-order valence-corrected chi connectivity index (χ4v) is 7.81. The molecule has 7 nitrogen and oxygen atoms in total. The van der Waals surface area contributed by atoms with E-state index in [9.17, 15) is 4.79 Å². The van der Waals surface area contributed by atoms with Crippen LogP contribution in [0.25, 0.3) is 6.08 Å². The van der Waals surface area contributed by atoms with Crippen molar-refractivity contribution < 1.29 is 23.9 Å². The zero-order chi connectivity index (χ0) is 32.8. The molecule has 0 bridgehead atoms. The maximum absolute atomic E-state index is 15.2. The van der Waals surface area contributed by atoms with Crippen LogP contribution in [0.5, 0.6) is 5.75 Å². The van der Waals surface area contributed by atoms with Gasteiger partial charge in [0.1, 0.15) is 23.1 Å². The minimum atomic E-state index is -1.48. The van der Waals surface area contributed by atoms with Crippen molar-refractivity contribution >= 4 is 35.1 Å². The number of Topliss-reactive ketones (excluding diaryl/α,β-unsaturated/α-hetero) is 1. The van der Waals surface area contributed by atoms with Crippen molar-refractivity contribution in [3.05, 3.63) is 167 Å². The number of methoxy groups -OCH3 is 1. The summed E-state index contributed by atoms with van der Waals surface area (Å²) in [6.45, 7) is 0. The average molecular weight is 633 g/mol. The number of ether oxygens (including phenoxy) is 2. The summed E-state index contributed by atoms with van der Waals surface area (Å²) in [6, 6.07) is 39.4. The summed E-state index contributed by atoms with van der Waals surface area (Å²) in [7, 11) is 1.54. The van der Waals surface area contributed by atoms with Gasteiger partial charge in [-0.05, 0) is 46.5 Å². The number of fused-ring (bicyclic) bond motifs is 6. The van der Waals surface area contributed by atoms with Crippen LogP contribution in [0.1, 0.15) is 38.7 Å². The van der Waals surface area contributed by atoms with Gasteiger partial charge in [0.05, 0.1) is 13.2 Å². The van der Waals surface area contributed by atoms with Gasteiger partial charge in [-0.1, -0.05) is 121 Å². The number of nitrogens with one attached hydrogen (secondary N) is 1. The third-order valence-corrected chi connectivity index (χ3v) is 9.86. The fraction of sp³-hybridized carbons (Fsp3) is 0.146. The largest absolute Gasteiger partial charge is 0.497 e. The summed E-state index contributed by atoms with van der Waals surface area (Å²) in [4.78, 5) is 46.9. The van der Waals surface area contributed by atoms with Crippen LogP contribution >= 0.6 is 0 Å². The highest BCUT2D eigenvalue weighted by atomic mass is 16.5. The van der Waals surface area contributed by atoms with Gasteiger partial charge < -0.3 is 19.7 Å². The first-order valence-electron chi connectivity index (χ1n) is 16.0. The van der Waals surface area contributed by atoms with Crippen LogP contribution in [0.4, 0.5) is 11.4 Å². The highest BCUT2D eigenvalue weighted by molar-refractivity contribution is 6.15. The Bertz CT molecular complexity index is 2040. The molecular formula is C41H32N2O5. The third-order valence-electron chi connectivity index (χ3n) is 9.86. The van der Waals surface area contributed by atoms with E-state index in [1.807, 2.05) is 126 Å². The molecule has 4 atom stereocenters. The number of hydrogen-bond acceptors (Lipinski definition) is 6. The summed E-state index contributed by atoms with van der Waals surface area (Å²) in [5.41, 5.74) is 3.37. The Morgan fingerprint density at radius 3 is 2.19 bits per heavy atom. The van der Waals surface area contributed by atoms with Gasteiger partial charge in [-0.25, -0.2) is 0 Å². The molecule has 7 heteroatoms. The molecule has 1 saturated heterocycles. The molecule has 0 radical (unpaired) electrons. The van der Waals surface area contributed by atoms with Gasteiger partial charge in [0.15, 0.2) is 11.9 Å². The Hall–Kier alpha value is -5.95. The number of hydrogen-bond donors (Lipinski definition) is 1. The number of carbonyl (C=O) groups is 3. The SMILES string of the molecule is COc1cccc(C(=O)[C@@H]2[C@H](C(=O)OC(c3ccccc3)c3ccccc3)[C@@]3(C(=O)Nc4ccccc43)[C@H]3C=Cc4ccccc4N23)c1. The van der Waals surface area contributed by atoms with Crippen LogP contribution in [-0.2, 0) is 19.7 Å². The molecular weight excluding hydrogens is 600 g/mol. The number of para-hydroxylation sites is 2. The quantitative estimate of drug-likeness (QED) is 0.154. The second kappa shape index (κ2) is 11.7. The first kappa shape index (κ1) is 29.5. The number of rotatable bonds is 7. The zero-order valence-corrected chi connectivity index (χ0v) is 26.2. The molecule has 8 rings (SSSR count). The van der Waals surface area contributed by atoms with Gasteiger partial charge >= 0.3 is 5.97 Å². The van der Waals surface area contributed by atoms with Gasteiger partial charge in [-0.3, -0.25) is 14.4 Å². The van der Waals surface area contributed by atoms with Crippen molar-refractivity contribution in [1.29, 1.82) is 0 Å². The Kier molecular flexibility index (Phi) is 7.17. The molecule has 1 N–H and O–H groups in total. The van der Waals surface area contributed by atoms with Crippen molar-refractivity contribution in [2.45, 2.75) is 23.6 Å². The van der Waals surface area contributed by atoms with Gasteiger partial charge in [0.25, 0.3) is 0 Å². The molecule has 3 aliphatic rings. The second-order valence-corrected chi connectivity index (χ2v) is 12.3. The number of benzene rings is 5. The minimum Gasteiger partial charge on any atom is -0.497 e. The van der Waals surface area contributed by atoms with Crippen molar-refractivity contribution in [2.75, 3.05) is 17.3 Å². The molecule has 0 aliphatic carbocycles. The van der Waals surface area contributed by atoms with Gasteiger partial charge in [-0.15, -0.1) is 0 Å². The molecule has 0 aromatic heterocycles. The lowest BCUT2D eigenvalue weighted by Gasteiger charge is -2.37. The molecule has 3 aliphatic heterocycles. The maximum Gasteiger partial charge on any atom is 0.314 e. The Morgan fingerprint density at radius 1 is 0.792 bits per heavy atom. The summed E-state index contributed by atoms with van der Waals surface area (Å²) < 4.78 is 12.0. The monoisotopic (exact) mass is 632 g/mol. The number of nitrogens with zero attached hydrogens (tertiary/aromatic N) is 1. The fourth-order valence-electron chi connectivity index (χ4n) is 7.81. The smallest absolute Gasteiger partial charge is 0.314 e. The van der Waals surface area contributed by atoms with E-state index in [-0.39, 0.29) is 11.7 Å². The average Bonchev–Trinajstić information content (AvgIpc) is 3.63. The van der Waals surface area contributed by atoms with Gasteiger partial charge in [-0.2, -0.15) is 0 Å². The van der Waals surface area contributed by atoms with E-state index >= 15 is 9.59 Å². The van der Waals surface area contributed by atoms with Crippen molar-refractivity contribution in [2.24, 2.45) is 5.92 Å². The van der Waals surface area contributed by atoms with E-state index in [4.69, 9.17) is 9.47 Å². The summed E-state index contributed by atoms with van der Waals surface area (Å²) >= 11 is 0. The van der Waals surface area contributed by atoms with Crippen LogP contribution in [0.3, 0.4) is 0 Å². The molecule has 0 unspecified atom stereocenters. The molecule has 236 valence electrons. The molecule has 5 aromatic carbocycles. The summed E-state index contributed by atoms with van der Waals surface area (Å²) in [5, 5.41) is 3.07. The Morgan fingerprint density at radius 2 is 1.46 bits per heavy atom. The third kappa shape index (κ3) is 4.46. The summed E-state index contributed by atoms with van der Waals surface area (Å²) in [6.07, 6.45) is 3.16. The maximum atomic E-state index is 15.2. The molecule has 3 heterocycles. The minimum absolute atomic E-state index is 0.309. The zero-order valence-electron chi connectivity index (χ0n) is 26.2. The second-order valence-electron chi connectivity index (χ2n) is 12.3. The van der Waals surface area contributed by atoms with E-state index in [0.717, 1.165) is 22.4 Å². The van der Waals surface area contributed by atoms with Crippen molar-refractivity contribution in [1.82, 2.24) is 0 Å². The standard InChI is InChI=1S/C41H32N2O5/c1-47-30-19-12-18-29(25-30)37(44)36-35(39(45)48-38(27-14-4-2-5-15-27)28-16-6-3-7-17-28)41(31-20-9-10-21-32(31)42-40(41)46)34-24-23-26-13-8-11-22-33(26)43(34)36/h2-25,34-36,38H,1H3,(H,42,46)/t34-,35-,36+,41+/m1/s1. The molecule has 48 heavy (non-hydrogen) atoms. The first-order valence-corrected chi connectivity index (χ1v) is 16.0. The van der Waals surface area contributed by atoms with Crippen LogP contribution in [0, 0.1) is 5.92 Å². The topological polar surface area (TPSA) is 84.9 Å². The van der Waals surface area contributed by atoms with E-state index in [2.05, 4.69) is 5.32 Å². The Balaban J connectivity index is 1.36. The molecule has 1 spiro atoms. The predicted molar refractivity (Wildman–Crippen MR) is 184 cm³/mol. The van der Waals surface area contributed by atoms with Gasteiger partial charge in [0, 0.05) is 16.9 Å². The predicted octanol–water partition coefficient (Wildman–Crippen LogP) is 7.00.